The molecule has 0 spiro atoms. The van der Waals surface area contributed by atoms with E-state index in [0.29, 0.717) is 0 Å². The molecule has 0 amide bonds. The molecule has 124 valence electrons. The number of ketones is 2. The molecule has 7 heteroatoms. The van der Waals surface area contributed by atoms with E-state index in [4.69, 9.17) is 14.2 Å². The monoisotopic (exact) mass is 330 g/mol. The maximum Gasteiger partial charge on any atom is 0.208 e. The number of benzene rings is 2. The van der Waals surface area contributed by atoms with E-state index in [9.17, 15) is 19.8 Å². The van der Waals surface area contributed by atoms with Gasteiger partial charge in [-0.25, -0.2) is 0 Å². The normalized spacial score (nSPS) is 12.5. The van der Waals surface area contributed by atoms with Crippen LogP contribution in [0.5, 0.6) is 28.7 Å². The number of carbonyl (C=O) groups excluding carboxylic acids is 2. The fourth-order valence-corrected chi connectivity index (χ4v) is 2.90. The molecule has 0 heterocycles. The van der Waals surface area contributed by atoms with Crippen LogP contribution in [0.2, 0.25) is 0 Å². The lowest BCUT2D eigenvalue weighted by Crippen LogP contribution is -2.22. The summed E-state index contributed by atoms with van der Waals surface area (Å²) in [6, 6.07) is 4.17. The lowest BCUT2D eigenvalue weighted by molar-refractivity contribution is 0.0970. The van der Waals surface area contributed by atoms with Gasteiger partial charge in [0.05, 0.1) is 38.0 Å². The van der Waals surface area contributed by atoms with Crippen molar-refractivity contribution in [1.82, 2.24) is 0 Å². The first-order valence-corrected chi connectivity index (χ1v) is 6.94. The summed E-state index contributed by atoms with van der Waals surface area (Å²) in [6.07, 6.45) is 0. The van der Waals surface area contributed by atoms with E-state index in [1.807, 2.05) is 0 Å². The van der Waals surface area contributed by atoms with Gasteiger partial charge < -0.3 is 24.4 Å². The van der Waals surface area contributed by atoms with Crippen LogP contribution in [0.15, 0.2) is 18.2 Å². The Hall–Kier alpha value is -3.22. The molecule has 3 rings (SSSR count). The van der Waals surface area contributed by atoms with Gasteiger partial charge in [-0.3, -0.25) is 9.59 Å². The first-order chi connectivity index (χ1) is 11.5. The molecule has 0 unspecified atom stereocenters. The second kappa shape index (κ2) is 5.45. The summed E-state index contributed by atoms with van der Waals surface area (Å²) in [5.74, 6) is -2.30. The number of carbonyl (C=O) groups is 2. The summed E-state index contributed by atoms with van der Waals surface area (Å²) in [5.41, 5.74) is -0.559. The number of hydrogen-bond donors (Lipinski definition) is 2. The number of phenolic OH excluding ortho intramolecular Hbond substituents is 2. The van der Waals surface area contributed by atoms with Gasteiger partial charge in [-0.2, -0.15) is 0 Å². The average Bonchev–Trinajstić information content (AvgIpc) is 2.58. The standard InChI is InChI=1S/C17H14O7/c1-22-15-11-10(14(21)16(23-2)17(15)24-3)13(20)9-7(12(11)19)5-4-6-8(9)18/h4-6,18,21H,1-3H3. The first-order valence-electron chi connectivity index (χ1n) is 6.94. The molecule has 0 bridgehead atoms. The van der Waals surface area contributed by atoms with Gasteiger partial charge in [0.15, 0.2) is 17.3 Å². The zero-order chi connectivity index (χ0) is 17.6. The molecule has 2 N–H and O–H groups in total. The van der Waals surface area contributed by atoms with Crippen LogP contribution in [-0.4, -0.2) is 43.1 Å². The Balaban J connectivity index is 2.47. The highest BCUT2D eigenvalue weighted by Gasteiger charge is 2.40. The Morgan fingerprint density at radius 2 is 1.38 bits per heavy atom. The van der Waals surface area contributed by atoms with Crippen molar-refractivity contribution in [2.24, 2.45) is 0 Å². The van der Waals surface area contributed by atoms with Gasteiger partial charge in [-0.1, -0.05) is 12.1 Å². The minimum atomic E-state index is -0.700. The summed E-state index contributed by atoms with van der Waals surface area (Å²) in [6.45, 7) is 0. The summed E-state index contributed by atoms with van der Waals surface area (Å²) in [4.78, 5) is 25.7. The van der Waals surface area contributed by atoms with E-state index < -0.39 is 17.3 Å². The van der Waals surface area contributed by atoms with Crippen LogP contribution in [0.3, 0.4) is 0 Å². The Labute approximate surface area is 137 Å². The van der Waals surface area contributed by atoms with Crippen LogP contribution in [0.4, 0.5) is 0 Å². The smallest absolute Gasteiger partial charge is 0.208 e. The molecule has 0 atom stereocenters. The molecule has 0 fully saturated rings. The molecule has 1 aliphatic carbocycles. The van der Waals surface area contributed by atoms with Crippen molar-refractivity contribution in [2.75, 3.05) is 21.3 Å². The molecule has 0 aliphatic heterocycles. The van der Waals surface area contributed by atoms with Crippen LogP contribution in [0, 0.1) is 0 Å². The summed E-state index contributed by atoms with van der Waals surface area (Å²) in [7, 11) is 3.91. The van der Waals surface area contributed by atoms with E-state index in [1.165, 1.54) is 39.5 Å². The average molecular weight is 330 g/mol. The molecule has 2 aromatic carbocycles. The molecular weight excluding hydrogens is 316 g/mol. The number of ether oxygens (including phenoxy) is 3. The third-order valence-corrected chi connectivity index (χ3v) is 3.92. The number of methoxy groups -OCH3 is 3. The Bertz CT molecular complexity index is 883. The van der Waals surface area contributed by atoms with Crippen molar-refractivity contribution in [3.63, 3.8) is 0 Å². The predicted molar refractivity (Wildman–Crippen MR) is 82.7 cm³/mol. The van der Waals surface area contributed by atoms with Crippen molar-refractivity contribution in [3.8, 4) is 28.7 Å². The number of hydrogen-bond acceptors (Lipinski definition) is 7. The molecule has 7 nitrogen and oxygen atoms in total. The summed E-state index contributed by atoms with van der Waals surface area (Å²) < 4.78 is 15.5. The highest BCUT2D eigenvalue weighted by atomic mass is 16.5. The second-order valence-electron chi connectivity index (χ2n) is 5.06. The van der Waals surface area contributed by atoms with Crippen molar-refractivity contribution in [1.29, 1.82) is 0 Å². The van der Waals surface area contributed by atoms with Gasteiger partial charge in [0, 0.05) is 5.56 Å². The Morgan fingerprint density at radius 1 is 0.750 bits per heavy atom. The fourth-order valence-electron chi connectivity index (χ4n) is 2.90. The largest absolute Gasteiger partial charge is 0.507 e. The van der Waals surface area contributed by atoms with Crippen LogP contribution >= 0.6 is 0 Å². The number of phenols is 2. The first kappa shape index (κ1) is 15.7. The zero-order valence-corrected chi connectivity index (χ0v) is 13.2. The van der Waals surface area contributed by atoms with Crippen LogP contribution in [0.1, 0.15) is 31.8 Å². The Kier molecular flexibility index (Phi) is 3.56. The van der Waals surface area contributed by atoms with Gasteiger partial charge in [0.2, 0.25) is 17.3 Å². The quantitative estimate of drug-likeness (QED) is 0.756. The molecule has 0 saturated heterocycles. The molecule has 0 radical (unpaired) electrons. The van der Waals surface area contributed by atoms with Crippen molar-refractivity contribution in [3.05, 3.63) is 40.5 Å². The van der Waals surface area contributed by atoms with Crippen molar-refractivity contribution in [2.45, 2.75) is 0 Å². The zero-order valence-electron chi connectivity index (χ0n) is 13.2. The molecule has 0 saturated carbocycles. The second-order valence-corrected chi connectivity index (χ2v) is 5.06. The van der Waals surface area contributed by atoms with Crippen LogP contribution < -0.4 is 14.2 Å². The Morgan fingerprint density at radius 3 is 1.96 bits per heavy atom. The molecule has 2 aromatic rings. The van der Waals surface area contributed by atoms with Gasteiger partial charge in [0.1, 0.15) is 5.75 Å². The SMILES string of the molecule is COc1c(O)c2c(c(OC)c1OC)C(=O)c1cccc(O)c1C2=O. The topological polar surface area (TPSA) is 102 Å². The lowest BCUT2D eigenvalue weighted by Gasteiger charge is -2.24. The number of fused-ring (bicyclic) bond motifs is 2. The predicted octanol–water partition coefficient (Wildman–Crippen LogP) is 1.90. The maximum absolute atomic E-state index is 12.9. The van der Waals surface area contributed by atoms with Gasteiger partial charge >= 0.3 is 0 Å². The number of rotatable bonds is 3. The molecular formula is C17H14O7. The third kappa shape index (κ3) is 1.84. The summed E-state index contributed by atoms with van der Waals surface area (Å²) in [5, 5.41) is 20.4. The van der Waals surface area contributed by atoms with Crippen LogP contribution in [-0.2, 0) is 0 Å². The van der Waals surface area contributed by atoms with Crippen molar-refractivity contribution >= 4 is 11.6 Å². The van der Waals surface area contributed by atoms with E-state index in [-0.39, 0.29) is 45.3 Å². The number of aromatic hydroxyl groups is 2. The lowest BCUT2D eigenvalue weighted by atomic mass is 9.82. The van der Waals surface area contributed by atoms with E-state index in [0.717, 1.165) is 0 Å². The van der Waals surface area contributed by atoms with Crippen molar-refractivity contribution < 1.29 is 34.0 Å². The van der Waals surface area contributed by atoms with Gasteiger partial charge in [-0.05, 0) is 6.07 Å². The van der Waals surface area contributed by atoms with E-state index in [2.05, 4.69) is 0 Å². The summed E-state index contributed by atoms with van der Waals surface area (Å²) >= 11 is 0. The minimum absolute atomic E-state index is 0.000929. The van der Waals surface area contributed by atoms with E-state index in [1.54, 1.807) is 0 Å². The van der Waals surface area contributed by atoms with Crippen LogP contribution in [0.25, 0.3) is 0 Å². The van der Waals surface area contributed by atoms with E-state index >= 15 is 0 Å². The maximum atomic E-state index is 12.9. The molecule has 0 aromatic heterocycles. The highest BCUT2D eigenvalue weighted by Crippen LogP contribution is 2.52. The van der Waals surface area contributed by atoms with Gasteiger partial charge in [0.25, 0.3) is 0 Å². The fraction of sp³-hybridized carbons (Fsp3) is 0.176. The third-order valence-electron chi connectivity index (χ3n) is 3.92. The molecule has 24 heavy (non-hydrogen) atoms. The van der Waals surface area contributed by atoms with Gasteiger partial charge in [-0.15, -0.1) is 0 Å². The molecule has 1 aliphatic rings. The minimum Gasteiger partial charge on any atom is -0.507 e. The highest BCUT2D eigenvalue weighted by molar-refractivity contribution is 6.31.